The standard InChI is InChI=1S/C35H39F2N3O3S/c1-25-16-18-31(19-17-25)40(44(4,42)43)32-15-9-13-29(22-32)34(41)39-33(21-27-10-6-5-7-11-27)26(2)23-38-24-28-12-8-14-30(20-28)35(3,36)37/h5-20,22,26,33,38H,21,23-24H2,1-4H3,(H,39,41). The minimum atomic E-state index is -3.70. The van der Waals surface area contributed by atoms with E-state index in [0.717, 1.165) is 29.9 Å². The lowest BCUT2D eigenvalue weighted by molar-refractivity contribution is 0.0174. The zero-order valence-electron chi connectivity index (χ0n) is 25.4. The molecule has 0 bridgehead atoms. The Bertz CT molecular complexity index is 1660. The Labute approximate surface area is 259 Å². The predicted molar refractivity (Wildman–Crippen MR) is 173 cm³/mol. The molecule has 1 amide bonds. The summed E-state index contributed by atoms with van der Waals surface area (Å²) in [5, 5.41) is 6.52. The zero-order valence-corrected chi connectivity index (χ0v) is 26.2. The van der Waals surface area contributed by atoms with E-state index in [9.17, 15) is 22.0 Å². The number of halogens is 2. The monoisotopic (exact) mass is 619 g/mol. The van der Waals surface area contributed by atoms with Crippen molar-refractivity contribution >= 4 is 27.3 Å². The number of hydrogen-bond acceptors (Lipinski definition) is 4. The van der Waals surface area contributed by atoms with Crippen molar-refractivity contribution in [1.82, 2.24) is 10.6 Å². The van der Waals surface area contributed by atoms with Crippen molar-refractivity contribution in [3.8, 4) is 0 Å². The van der Waals surface area contributed by atoms with Gasteiger partial charge in [-0.1, -0.05) is 79.2 Å². The first-order valence-corrected chi connectivity index (χ1v) is 16.4. The third-order valence-corrected chi connectivity index (χ3v) is 8.56. The van der Waals surface area contributed by atoms with E-state index in [-0.39, 0.29) is 23.4 Å². The predicted octanol–water partition coefficient (Wildman–Crippen LogP) is 6.97. The van der Waals surface area contributed by atoms with E-state index in [2.05, 4.69) is 10.6 Å². The Morgan fingerprint density at radius 1 is 0.864 bits per heavy atom. The summed E-state index contributed by atoms with van der Waals surface area (Å²) in [6, 6.07) is 29.6. The van der Waals surface area contributed by atoms with E-state index in [0.29, 0.717) is 36.4 Å². The molecular weight excluding hydrogens is 580 g/mol. The molecule has 6 nitrogen and oxygen atoms in total. The van der Waals surface area contributed by atoms with Gasteiger partial charge in [0.05, 0.1) is 17.6 Å². The highest BCUT2D eigenvalue weighted by Gasteiger charge is 2.25. The molecule has 9 heteroatoms. The summed E-state index contributed by atoms with van der Waals surface area (Å²) in [5.41, 5.74) is 3.94. The highest BCUT2D eigenvalue weighted by atomic mass is 32.2. The van der Waals surface area contributed by atoms with Crippen LogP contribution in [-0.4, -0.2) is 33.2 Å². The first-order valence-electron chi connectivity index (χ1n) is 14.5. The van der Waals surface area contributed by atoms with Gasteiger partial charge in [0.15, 0.2) is 0 Å². The van der Waals surface area contributed by atoms with Crippen LogP contribution in [0.4, 0.5) is 20.2 Å². The van der Waals surface area contributed by atoms with E-state index in [1.807, 2.05) is 56.3 Å². The summed E-state index contributed by atoms with van der Waals surface area (Å²) < 4.78 is 54.5. The van der Waals surface area contributed by atoms with Gasteiger partial charge in [-0.2, -0.15) is 0 Å². The van der Waals surface area contributed by atoms with Crippen LogP contribution >= 0.6 is 0 Å². The van der Waals surface area contributed by atoms with Crippen molar-refractivity contribution in [2.24, 2.45) is 5.92 Å². The Balaban J connectivity index is 1.52. The van der Waals surface area contributed by atoms with Crippen LogP contribution in [0, 0.1) is 12.8 Å². The van der Waals surface area contributed by atoms with Crippen LogP contribution < -0.4 is 14.9 Å². The molecule has 0 heterocycles. The molecule has 0 fully saturated rings. The molecule has 0 aromatic heterocycles. The lowest BCUT2D eigenvalue weighted by atomic mass is 9.94. The highest BCUT2D eigenvalue weighted by Crippen LogP contribution is 2.30. The minimum Gasteiger partial charge on any atom is -0.349 e. The molecule has 0 aliphatic heterocycles. The molecule has 0 saturated heterocycles. The molecule has 0 aliphatic rings. The summed E-state index contributed by atoms with van der Waals surface area (Å²) >= 11 is 0. The lowest BCUT2D eigenvalue weighted by Gasteiger charge is -2.27. The number of alkyl halides is 2. The zero-order chi connectivity index (χ0) is 31.9. The van der Waals surface area contributed by atoms with Crippen molar-refractivity contribution in [2.75, 3.05) is 17.1 Å². The lowest BCUT2D eigenvalue weighted by Crippen LogP contribution is -2.44. The molecule has 4 aromatic rings. The topological polar surface area (TPSA) is 78.5 Å². The number of aryl methyl sites for hydroxylation is 1. The van der Waals surface area contributed by atoms with Crippen molar-refractivity contribution in [1.29, 1.82) is 0 Å². The maximum atomic E-state index is 13.8. The number of nitrogens with one attached hydrogen (secondary N) is 2. The van der Waals surface area contributed by atoms with Gasteiger partial charge < -0.3 is 10.6 Å². The molecule has 0 spiro atoms. The maximum Gasteiger partial charge on any atom is 0.270 e. The number of carbonyl (C=O) groups is 1. The van der Waals surface area contributed by atoms with Gasteiger partial charge in [0.2, 0.25) is 10.0 Å². The van der Waals surface area contributed by atoms with Crippen molar-refractivity contribution in [2.45, 2.75) is 45.7 Å². The minimum absolute atomic E-state index is 0.0294. The summed E-state index contributed by atoms with van der Waals surface area (Å²) in [6.45, 7) is 5.77. The van der Waals surface area contributed by atoms with Gasteiger partial charge in [-0.15, -0.1) is 0 Å². The number of anilines is 2. The molecule has 2 unspecified atom stereocenters. The fourth-order valence-electron chi connectivity index (χ4n) is 5.04. The van der Waals surface area contributed by atoms with Gasteiger partial charge in [-0.25, -0.2) is 21.5 Å². The normalized spacial score (nSPS) is 13.2. The van der Waals surface area contributed by atoms with Gasteiger partial charge in [0, 0.05) is 30.6 Å². The number of rotatable bonds is 13. The first kappa shape index (κ1) is 32.8. The largest absolute Gasteiger partial charge is 0.349 e. The van der Waals surface area contributed by atoms with E-state index >= 15 is 0 Å². The second-order valence-corrected chi connectivity index (χ2v) is 13.2. The van der Waals surface area contributed by atoms with Crippen LogP contribution in [0.1, 0.15) is 46.5 Å². The third kappa shape index (κ3) is 8.97. The molecule has 0 saturated carbocycles. The van der Waals surface area contributed by atoms with Crippen LogP contribution in [0.5, 0.6) is 0 Å². The van der Waals surface area contributed by atoms with Crippen LogP contribution in [-0.2, 0) is 28.9 Å². The molecule has 232 valence electrons. The van der Waals surface area contributed by atoms with Gasteiger partial charge in [0.25, 0.3) is 11.8 Å². The number of benzene rings is 4. The van der Waals surface area contributed by atoms with Crippen LogP contribution in [0.3, 0.4) is 0 Å². The van der Waals surface area contributed by atoms with Gasteiger partial charge in [-0.05, 0) is 73.3 Å². The summed E-state index contributed by atoms with van der Waals surface area (Å²) in [5.74, 6) is -3.27. The number of carbonyl (C=O) groups excluding carboxylic acids is 1. The number of nitrogens with zero attached hydrogens (tertiary/aromatic N) is 1. The van der Waals surface area contributed by atoms with Crippen LogP contribution in [0.25, 0.3) is 0 Å². The SMILES string of the molecule is Cc1ccc(N(c2cccc(C(=O)NC(Cc3ccccc3)C(C)CNCc3cccc(C(C)(F)F)c3)c2)S(C)(=O)=O)cc1. The molecule has 2 atom stereocenters. The second-order valence-electron chi connectivity index (χ2n) is 11.4. The Morgan fingerprint density at radius 3 is 2.18 bits per heavy atom. The number of sulfonamides is 1. The van der Waals surface area contributed by atoms with Crippen LogP contribution in [0.15, 0.2) is 103 Å². The highest BCUT2D eigenvalue weighted by molar-refractivity contribution is 7.92. The van der Waals surface area contributed by atoms with E-state index in [1.54, 1.807) is 48.5 Å². The Kier molecular flexibility index (Phi) is 10.5. The summed E-state index contributed by atoms with van der Waals surface area (Å²) in [4.78, 5) is 13.6. The number of amides is 1. The van der Waals surface area contributed by atoms with Gasteiger partial charge >= 0.3 is 0 Å². The van der Waals surface area contributed by atoms with Crippen LogP contribution in [0.2, 0.25) is 0 Å². The van der Waals surface area contributed by atoms with Crippen molar-refractivity contribution in [3.63, 3.8) is 0 Å². The van der Waals surface area contributed by atoms with Gasteiger partial charge in [-0.3, -0.25) is 4.79 Å². The summed E-state index contributed by atoms with van der Waals surface area (Å²) in [6.07, 6.45) is 1.71. The average molecular weight is 620 g/mol. The Hall–Kier alpha value is -4.08. The van der Waals surface area contributed by atoms with Crippen molar-refractivity contribution in [3.05, 3.63) is 131 Å². The fourth-order valence-corrected chi connectivity index (χ4v) is 6.04. The molecule has 2 N–H and O–H groups in total. The van der Waals surface area contributed by atoms with E-state index in [1.165, 1.54) is 16.4 Å². The molecule has 4 rings (SSSR count). The molecule has 44 heavy (non-hydrogen) atoms. The average Bonchev–Trinajstić information content (AvgIpc) is 2.97. The second kappa shape index (κ2) is 14.1. The van der Waals surface area contributed by atoms with Gasteiger partial charge in [0.1, 0.15) is 0 Å². The third-order valence-electron chi connectivity index (χ3n) is 7.47. The molecular formula is C35H39F2N3O3S. The molecule has 4 aromatic carbocycles. The number of hydrogen-bond donors (Lipinski definition) is 2. The molecule has 0 radical (unpaired) electrons. The maximum absolute atomic E-state index is 13.8. The Morgan fingerprint density at radius 2 is 1.52 bits per heavy atom. The fraction of sp³-hybridized carbons (Fsp3) is 0.286. The van der Waals surface area contributed by atoms with Crippen molar-refractivity contribution < 1.29 is 22.0 Å². The quantitative estimate of drug-likeness (QED) is 0.169. The van der Waals surface area contributed by atoms with E-state index in [4.69, 9.17) is 0 Å². The smallest absolute Gasteiger partial charge is 0.270 e. The summed E-state index contributed by atoms with van der Waals surface area (Å²) in [7, 11) is -3.70. The van der Waals surface area contributed by atoms with E-state index < -0.39 is 15.9 Å². The first-order chi connectivity index (χ1) is 20.8. The molecule has 0 aliphatic carbocycles.